The van der Waals surface area contributed by atoms with Gasteiger partial charge in [0.25, 0.3) is 5.91 Å². The highest BCUT2D eigenvalue weighted by Crippen LogP contribution is 2.22. The Labute approximate surface area is 158 Å². The van der Waals surface area contributed by atoms with Gasteiger partial charge in [0.1, 0.15) is 11.6 Å². The van der Waals surface area contributed by atoms with Crippen molar-refractivity contribution in [3.05, 3.63) is 53.7 Å². The zero-order valence-electron chi connectivity index (χ0n) is 16.1. The lowest BCUT2D eigenvalue weighted by atomic mass is 9.87. The number of hydrogen-bond acceptors (Lipinski definition) is 5. The third kappa shape index (κ3) is 4.43. The van der Waals surface area contributed by atoms with Crippen LogP contribution in [0, 0.1) is 0 Å². The topological polar surface area (TPSA) is 80.5 Å². The minimum Gasteiger partial charge on any atom is -0.383 e. The summed E-state index contributed by atoms with van der Waals surface area (Å²) in [5, 5.41) is 10.3. The number of benzene rings is 1. The van der Waals surface area contributed by atoms with Crippen LogP contribution in [0.3, 0.4) is 0 Å². The van der Waals surface area contributed by atoms with Gasteiger partial charge >= 0.3 is 0 Å². The van der Waals surface area contributed by atoms with Gasteiger partial charge < -0.3 is 15.4 Å². The molecule has 7 nitrogen and oxygen atoms in total. The van der Waals surface area contributed by atoms with Gasteiger partial charge in [-0.2, -0.15) is 9.61 Å². The van der Waals surface area contributed by atoms with E-state index < -0.39 is 0 Å². The van der Waals surface area contributed by atoms with E-state index in [1.807, 2.05) is 24.3 Å². The summed E-state index contributed by atoms with van der Waals surface area (Å²) in [6, 6.07) is 11.2. The van der Waals surface area contributed by atoms with Crippen LogP contribution in [0.5, 0.6) is 0 Å². The predicted octanol–water partition coefficient (Wildman–Crippen LogP) is 3.34. The smallest absolute Gasteiger partial charge is 0.256 e. The van der Waals surface area contributed by atoms with Gasteiger partial charge in [-0.25, -0.2) is 4.98 Å². The molecule has 0 fully saturated rings. The van der Waals surface area contributed by atoms with E-state index in [1.165, 1.54) is 5.56 Å². The molecule has 2 aromatic heterocycles. The fraction of sp³-hybridized carbons (Fsp3) is 0.350. The maximum Gasteiger partial charge on any atom is 0.256 e. The van der Waals surface area contributed by atoms with Crippen LogP contribution in [0.15, 0.2) is 42.6 Å². The van der Waals surface area contributed by atoms with E-state index in [-0.39, 0.29) is 11.3 Å². The molecular formula is C20H25N5O2. The van der Waals surface area contributed by atoms with E-state index >= 15 is 0 Å². The molecule has 3 aromatic rings. The Morgan fingerprint density at radius 1 is 1.19 bits per heavy atom. The number of nitrogens with zero attached hydrogens (tertiary/aromatic N) is 3. The van der Waals surface area contributed by atoms with Crippen molar-refractivity contribution in [2.75, 3.05) is 30.9 Å². The summed E-state index contributed by atoms with van der Waals surface area (Å²) in [5.41, 5.74) is 2.47. The number of ether oxygens (including phenoxy) is 1. The zero-order valence-corrected chi connectivity index (χ0v) is 16.1. The molecule has 0 saturated heterocycles. The van der Waals surface area contributed by atoms with Crippen molar-refractivity contribution >= 4 is 23.2 Å². The molecule has 0 spiro atoms. The number of amides is 1. The number of anilines is 2. The fourth-order valence-corrected chi connectivity index (χ4v) is 2.69. The summed E-state index contributed by atoms with van der Waals surface area (Å²) in [7, 11) is 1.65. The monoisotopic (exact) mass is 367 g/mol. The van der Waals surface area contributed by atoms with E-state index in [1.54, 1.807) is 30.0 Å². The number of rotatable bonds is 6. The van der Waals surface area contributed by atoms with E-state index in [9.17, 15) is 4.79 Å². The number of aromatic nitrogens is 3. The first-order chi connectivity index (χ1) is 12.9. The average Bonchev–Trinajstić information content (AvgIpc) is 3.10. The second-order valence-corrected chi connectivity index (χ2v) is 7.33. The Morgan fingerprint density at radius 2 is 1.93 bits per heavy atom. The van der Waals surface area contributed by atoms with Crippen LogP contribution >= 0.6 is 0 Å². The summed E-state index contributed by atoms with van der Waals surface area (Å²) in [6.07, 6.45) is 1.67. The molecule has 0 aliphatic carbocycles. The van der Waals surface area contributed by atoms with Gasteiger partial charge in [-0.05, 0) is 23.1 Å². The number of nitrogens with one attached hydrogen (secondary N) is 2. The second kappa shape index (κ2) is 7.75. The lowest BCUT2D eigenvalue weighted by Gasteiger charge is -2.19. The van der Waals surface area contributed by atoms with E-state index in [0.29, 0.717) is 30.2 Å². The Balaban J connectivity index is 1.80. The Hall–Kier alpha value is -2.93. The zero-order chi connectivity index (χ0) is 19.4. The van der Waals surface area contributed by atoms with Crippen molar-refractivity contribution < 1.29 is 9.53 Å². The molecule has 0 saturated carbocycles. The van der Waals surface area contributed by atoms with Gasteiger partial charge in [0.2, 0.25) is 0 Å². The van der Waals surface area contributed by atoms with Crippen molar-refractivity contribution in [1.82, 2.24) is 14.6 Å². The van der Waals surface area contributed by atoms with E-state index in [0.717, 1.165) is 5.82 Å². The van der Waals surface area contributed by atoms with Crippen molar-refractivity contribution in [2.24, 2.45) is 0 Å². The third-order valence-corrected chi connectivity index (χ3v) is 4.23. The molecule has 1 aromatic carbocycles. The van der Waals surface area contributed by atoms with E-state index in [4.69, 9.17) is 4.74 Å². The summed E-state index contributed by atoms with van der Waals surface area (Å²) in [4.78, 5) is 17.1. The van der Waals surface area contributed by atoms with Crippen LogP contribution in [0.4, 0.5) is 11.6 Å². The van der Waals surface area contributed by atoms with Crippen LogP contribution in [0.2, 0.25) is 0 Å². The Bertz CT molecular complexity index is 926. The fourth-order valence-electron chi connectivity index (χ4n) is 2.69. The largest absolute Gasteiger partial charge is 0.383 e. The van der Waals surface area contributed by atoms with Crippen molar-refractivity contribution in [1.29, 1.82) is 0 Å². The Kier molecular flexibility index (Phi) is 5.41. The van der Waals surface area contributed by atoms with Gasteiger partial charge in [0.15, 0.2) is 5.65 Å². The molecule has 0 atom stereocenters. The van der Waals surface area contributed by atoms with Crippen LogP contribution in [0.1, 0.15) is 36.7 Å². The van der Waals surface area contributed by atoms with Crippen LogP contribution in [-0.2, 0) is 10.2 Å². The molecule has 0 radical (unpaired) electrons. The highest BCUT2D eigenvalue weighted by Gasteiger charge is 2.15. The normalized spacial score (nSPS) is 11.6. The van der Waals surface area contributed by atoms with Crippen molar-refractivity contribution in [3.8, 4) is 0 Å². The van der Waals surface area contributed by atoms with Gasteiger partial charge in [-0.15, -0.1) is 0 Å². The van der Waals surface area contributed by atoms with Gasteiger partial charge in [0.05, 0.1) is 12.8 Å². The molecule has 0 aliphatic rings. The lowest BCUT2D eigenvalue weighted by molar-refractivity contribution is 0.102. The molecule has 0 bridgehead atoms. The number of hydrogen-bond donors (Lipinski definition) is 2. The van der Waals surface area contributed by atoms with Crippen molar-refractivity contribution in [3.63, 3.8) is 0 Å². The SMILES string of the molecule is COCCNc1cc(NC(=O)c2ccc(C(C)(C)C)cc2)nc2ccnn12. The quantitative estimate of drug-likeness (QED) is 0.653. The average molecular weight is 367 g/mol. The van der Waals surface area contributed by atoms with Crippen LogP contribution < -0.4 is 10.6 Å². The van der Waals surface area contributed by atoms with Gasteiger partial charge in [0, 0.05) is 31.4 Å². The number of fused-ring (bicyclic) bond motifs is 1. The number of methoxy groups -OCH3 is 1. The Morgan fingerprint density at radius 3 is 2.59 bits per heavy atom. The summed E-state index contributed by atoms with van der Waals surface area (Å²) < 4.78 is 6.75. The first kappa shape index (κ1) is 18.8. The first-order valence-electron chi connectivity index (χ1n) is 8.88. The van der Waals surface area contributed by atoms with Gasteiger partial charge in [-0.1, -0.05) is 32.9 Å². The molecular weight excluding hydrogens is 342 g/mol. The third-order valence-electron chi connectivity index (χ3n) is 4.23. The minimum atomic E-state index is -0.199. The summed E-state index contributed by atoms with van der Waals surface area (Å²) in [6.45, 7) is 7.62. The highest BCUT2D eigenvalue weighted by atomic mass is 16.5. The van der Waals surface area contributed by atoms with Crippen LogP contribution in [-0.4, -0.2) is 40.8 Å². The number of carbonyl (C=O) groups is 1. The molecule has 2 N–H and O–H groups in total. The van der Waals surface area contributed by atoms with E-state index in [2.05, 4.69) is 41.5 Å². The number of carbonyl (C=O) groups excluding carboxylic acids is 1. The van der Waals surface area contributed by atoms with Gasteiger partial charge in [-0.3, -0.25) is 4.79 Å². The standard InChI is InChI=1S/C20H25N5O2/c1-20(2,3)15-7-5-14(6-8-15)19(26)24-16-13-18(21-11-12-27-4)25-17(23-16)9-10-22-25/h5-10,13,21H,11-12H2,1-4H3,(H,23,24,26). The minimum absolute atomic E-state index is 0.0480. The molecule has 142 valence electrons. The molecule has 27 heavy (non-hydrogen) atoms. The lowest BCUT2D eigenvalue weighted by Crippen LogP contribution is -2.16. The van der Waals surface area contributed by atoms with Crippen molar-refractivity contribution in [2.45, 2.75) is 26.2 Å². The van der Waals surface area contributed by atoms with Crippen LogP contribution in [0.25, 0.3) is 5.65 Å². The maximum absolute atomic E-state index is 12.6. The molecule has 0 aliphatic heterocycles. The highest BCUT2D eigenvalue weighted by molar-refractivity contribution is 6.04. The maximum atomic E-state index is 12.6. The summed E-state index contributed by atoms with van der Waals surface area (Å²) in [5.74, 6) is 1.00. The molecule has 2 heterocycles. The molecule has 1 amide bonds. The predicted molar refractivity (Wildman–Crippen MR) is 106 cm³/mol. The first-order valence-corrected chi connectivity index (χ1v) is 8.88. The molecule has 3 rings (SSSR count). The molecule has 0 unspecified atom stereocenters. The molecule has 7 heteroatoms. The second-order valence-electron chi connectivity index (χ2n) is 7.33. The summed E-state index contributed by atoms with van der Waals surface area (Å²) >= 11 is 0.